The lowest BCUT2D eigenvalue weighted by molar-refractivity contribution is 0.102. The van der Waals surface area contributed by atoms with Gasteiger partial charge in [0, 0.05) is 23.4 Å². The third-order valence-electron chi connectivity index (χ3n) is 6.35. The predicted molar refractivity (Wildman–Crippen MR) is 152 cm³/mol. The second-order valence-corrected chi connectivity index (χ2v) is 10.2. The Balaban J connectivity index is 1.29. The Morgan fingerprint density at radius 1 is 0.949 bits per heavy atom. The van der Waals surface area contributed by atoms with Crippen molar-refractivity contribution in [2.24, 2.45) is 0 Å². The zero-order valence-electron chi connectivity index (χ0n) is 22.0. The van der Waals surface area contributed by atoms with Gasteiger partial charge in [-0.3, -0.25) is 4.79 Å². The van der Waals surface area contributed by atoms with Crippen LogP contribution in [-0.2, 0) is 18.7 Å². The van der Waals surface area contributed by atoms with Crippen LogP contribution in [0.15, 0.2) is 78.0 Å². The minimum atomic E-state index is -0.237. The molecule has 3 aromatic carbocycles. The number of nitrogens with zero attached hydrogens (tertiary/aromatic N) is 6. The molecule has 0 bridgehead atoms. The first kappa shape index (κ1) is 26.3. The molecule has 5 aromatic rings. The zero-order valence-corrected chi connectivity index (χ0v) is 22.8. The molecular weight excluding hydrogens is 508 g/mol. The number of thioether (sulfide) groups is 1. The molecule has 0 spiro atoms. The SMILES string of the molecule is CCCCc1nnc(SCc2ccc(C)cc2)n1Cc1ccc(NC(=O)c2ccccc2-c2nn[nH]n2)cc1. The number of benzene rings is 3. The molecule has 9 nitrogen and oxygen atoms in total. The van der Waals surface area contributed by atoms with Crippen LogP contribution in [0, 0.1) is 6.92 Å². The number of tetrazole rings is 1. The summed E-state index contributed by atoms with van der Waals surface area (Å²) in [6, 6.07) is 23.7. The molecular formula is C29H30N8OS. The number of H-pyrrole nitrogens is 1. The summed E-state index contributed by atoms with van der Waals surface area (Å²) < 4.78 is 2.21. The lowest BCUT2D eigenvalue weighted by Crippen LogP contribution is -2.13. The van der Waals surface area contributed by atoms with Crippen molar-refractivity contribution in [3.8, 4) is 11.4 Å². The predicted octanol–water partition coefficient (Wildman–Crippen LogP) is 5.70. The number of aromatic amines is 1. The standard InChI is InChI=1S/C29H30N8OS/c1-3-4-9-26-31-34-29(39-19-22-12-10-20(2)11-13-22)37(26)18-21-14-16-23(17-15-21)30-28(38)25-8-6-5-7-24(25)27-32-35-36-33-27/h5-8,10-17H,3-4,9,18-19H2,1-2H3,(H,30,38)(H,32,33,35,36). The molecule has 10 heteroatoms. The molecule has 198 valence electrons. The number of nitrogens with one attached hydrogen (secondary N) is 2. The van der Waals surface area contributed by atoms with E-state index in [0.717, 1.165) is 41.6 Å². The third kappa shape index (κ3) is 6.58. The van der Waals surface area contributed by atoms with Gasteiger partial charge in [-0.25, -0.2) is 0 Å². The highest BCUT2D eigenvalue weighted by atomic mass is 32.2. The van der Waals surface area contributed by atoms with Crippen molar-refractivity contribution in [2.45, 2.75) is 50.6 Å². The topological polar surface area (TPSA) is 114 Å². The fourth-order valence-corrected chi connectivity index (χ4v) is 5.08. The van der Waals surface area contributed by atoms with Gasteiger partial charge in [0.25, 0.3) is 5.91 Å². The van der Waals surface area contributed by atoms with Gasteiger partial charge in [0.2, 0.25) is 5.82 Å². The summed E-state index contributed by atoms with van der Waals surface area (Å²) in [7, 11) is 0. The average molecular weight is 539 g/mol. The van der Waals surface area contributed by atoms with Crippen LogP contribution < -0.4 is 5.32 Å². The summed E-state index contributed by atoms with van der Waals surface area (Å²) in [5.41, 5.74) is 5.41. The molecule has 0 fully saturated rings. The molecule has 0 saturated carbocycles. The molecule has 0 radical (unpaired) electrons. The highest BCUT2D eigenvalue weighted by molar-refractivity contribution is 7.98. The summed E-state index contributed by atoms with van der Waals surface area (Å²) in [6.45, 7) is 4.94. The first-order chi connectivity index (χ1) is 19.1. The fraction of sp³-hybridized carbons (Fsp3) is 0.241. The zero-order chi connectivity index (χ0) is 27.0. The van der Waals surface area contributed by atoms with E-state index < -0.39 is 0 Å². The van der Waals surface area contributed by atoms with E-state index in [9.17, 15) is 4.79 Å². The Morgan fingerprint density at radius 3 is 2.46 bits per heavy atom. The van der Waals surface area contributed by atoms with Crippen molar-refractivity contribution in [3.63, 3.8) is 0 Å². The minimum Gasteiger partial charge on any atom is -0.322 e. The van der Waals surface area contributed by atoms with Gasteiger partial charge in [0.1, 0.15) is 5.82 Å². The first-order valence-electron chi connectivity index (χ1n) is 12.9. The van der Waals surface area contributed by atoms with Gasteiger partial charge in [-0.15, -0.1) is 20.4 Å². The third-order valence-corrected chi connectivity index (χ3v) is 7.38. The minimum absolute atomic E-state index is 0.237. The van der Waals surface area contributed by atoms with Crippen molar-refractivity contribution in [1.82, 2.24) is 35.4 Å². The molecule has 1 amide bonds. The number of rotatable bonds is 11. The van der Waals surface area contributed by atoms with E-state index in [0.29, 0.717) is 29.2 Å². The number of carbonyl (C=O) groups is 1. The molecule has 2 heterocycles. The van der Waals surface area contributed by atoms with Crippen molar-refractivity contribution < 1.29 is 4.79 Å². The van der Waals surface area contributed by atoms with Crippen LogP contribution in [-0.4, -0.2) is 41.3 Å². The molecule has 2 aromatic heterocycles. The number of hydrogen-bond donors (Lipinski definition) is 2. The number of anilines is 1. The molecule has 39 heavy (non-hydrogen) atoms. The summed E-state index contributed by atoms with van der Waals surface area (Å²) >= 11 is 1.70. The van der Waals surface area contributed by atoms with E-state index in [4.69, 9.17) is 0 Å². The molecule has 0 aliphatic heterocycles. The molecule has 5 rings (SSSR count). The number of hydrogen-bond acceptors (Lipinski definition) is 7. The van der Waals surface area contributed by atoms with E-state index >= 15 is 0 Å². The average Bonchev–Trinajstić information content (AvgIpc) is 3.63. The van der Waals surface area contributed by atoms with Gasteiger partial charge in [-0.1, -0.05) is 85.3 Å². The van der Waals surface area contributed by atoms with Crippen LogP contribution in [0.2, 0.25) is 0 Å². The highest BCUT2D eigenvalue weighted by Crippen LogP contribution is 2.25. The molecule has 0 saturated heterocycles. The number of unbranched alkanes of at least 4 members (excludes halogenated alkanes) is 1. The first-order valence-corrected chi connectivity index (χ1v) is 13.9. The lowest BCUT2D eigenvalue weighted by Gasteiger charge is -2.12. The summed E-state index contributed by atoms with van der Waals surface area (Å²) in [5.74, 6) is 1.97. The van der Waals surface area contributed by atoms with E-state index in [-0.39, 0.29) is 5.91 Å². The van der Waals surface area contributed by atoms with Crippen LogP contribution in [0.1, 0.15) is 52.6 Å². The van der Waals surface area contributed by atoms with Crippen molar-refractivity contribution in [3.05, 3.63) is 101 Å². The van der Waals surface area contributed by atoms with E-state index in [1.807, 2.05) is 36.4 Å². The summed E-state index contributed by atoms with van der Waals surface area (Å²) in [5, 5.41) is 27.0. The van der Waals surface area contributed by atoms with Gasteiger partial charge in [-0.05, 0) is 47.9 Å². The van der Waals surface area contributed by atoms with Crippen LogP contribution in [0.5, 0.6) is 0 Å². The molecule has 0 aliphatic carbocycles. The summed E-state index contributed by atoms with van der Waals surface area (Å²) in [6.07, 6.45) is 3.06. The van der Waals surface area contributed by atoms with E-state index in [1.165, 1.54) is 11.1 Å². The lowest BCUT2D eigenvalue weighted by atomic mass is 10.1. The molecule has 0 unspecified atom stereocenters. The Morgan fingerprint density at radius 2 is 1.72 bits per heavy atom. The Labute approximate surface area is 231 Å². The summed E-state index contributed by atoms with van der Waals surface area (Å²) in [4.78, 5) is 13.0. The maximum Gasteiger partial charge on any atom is 0.256 e. The van der Waals surface area contributed by atoms with E-state index in [2.05, 4.69) is 78.8 Å². The monoisotopic (exact) mass is 538 g/mol. The number of aryl methyl sites for hydroxylation is 2. The highest BCUT2D eigenvalue weighted by Gasteiger charge is 2.16. The van der Waals surface area contributed by atoms with Crippen LogP contribution in [0.25, 0.3) is 11.4 Å². The smallest absolute Gasteiger partial charge is 0.256 e. The van der Waals surface area contributed by atoms with Crippen LogP contribution in [0.4, 0.5) is 5.69 Å². The molecule has 2 N–H and O–H groups in total. The van der Waals surface area contributed by atoms with Gasteiger partial charge in [0.05, 0.1) is 12.1 Å². The Bertz CT molecular complexity index is 1510. The van der Waals surface area contributed by atoms with E-state index in [1.54, 1.807) is 23.9 Å². The van der Waals surface area contributed by atoms with Crippen LogP contribution in [0.3, 0.4) is 0 Å². The number of amides is 1. The van der Waals surface area contributed by atoms with Gasteiger partial charge in [0.15, 0.2) is 5.16 Å². The molecule has 0 atom stereocenters. The van der Waals surface area contributed by atoms with Gasteiger partial charge >= 0.3 is 0 Å². The second kappa shape index (κ2) is 12.5. The van der Waals surface area contributed by atoms with Crippen LogP contribution >= 0.6 is 11.8 Å². The Hall–Kier alpha value is -4.31. The second-order valence-electron chi connectivity index (χ2n) is 9.29. The normalized spacial score (nSPS) is 11.0. The molecule has 0 aliphatic rings. The fourth-order valence-electron chi connectivity index (χ4n) is 4.16. The van der Waals surface area contributed by atoms with Gasteiger partial charge < -0.3 is 9.88 Å². The van der Waals surface area contributed by atoms with Crippen molar-refractivity contribution in [2.75, 3.05) is 5.32 Å². The maximum absolute atomic E-state index is 13.0. The number of carbonyl (C=O) groups excluding carboxylic acids is 1. The maximum atomic E-state index is 13.0. The van der Waals surface area contributed by atoms with Gasteiger partial charge in [-0.2, -0.15) is 5.21 Å². The quantitative estimate of drug-likeness (QED) is 0.207. The number of aromatic nitrogens is 7. The van der Waals surface area contributed by atoms with Crippen molar-refractivity contribution >= 4 is 23.4 Å². The Kier molecular flexibility index (Phi) is 8.42. The van der Waals surface area contributed by atoms with Crippen molar-refractivity contribution in [1.29, 1.82) is 0 Å². The largest absolute Gasteiger partial charge is 0.322 e.